The molecule has 0 spiro atoms. The van der Waals surface area contributed by atoms with Crippen molar-refractivity contribution in [1.82, 2.24) is 0 Å². The van der Waals surface area contributed by atoms with E-state index in [4.69, 9.17) is 5.73 Å². The lowest BCUT2D eigenvalue weighted by Gasteiger charge is -1.53. The number of nitrogens with two attached hydrogens (primary N) is 1. The molecule has 0 unspecified atom stereocenters. The largest absolute Gasteiger partial charge is 0.331 e. The second kappa shape index (κ2) is 268. The van der Waals surface area contributed by atoms with Crippen LogP contribution in [0.5, 0.6) is 0 Å². The van der Waals surface area contributed by atoms with Crippen LogP contribution >= 0.6 is 0 Å². The molecule has 1 nitrogen and oxygen atoms in total. The van der Waals surface area contributed by atoms with Crippen molar-refractivity contribution in [2.45, 2.75) is 43.1 Å². The Morgan fingerprint density at radius 2 is 1.00 bits per heavy atom. The van der Waals surface area contributed by atoms with E-state index in [1.54, 1.807) is 0 Å². The normalized spacial score (nSPS) is 3.00. The number of hydrogen-bond donors (Lipinski definition) is 1. The van der Waals surface area contributed by atoms with Crippen molar-refractivity contribution in [2.24, 2.45) is 5.73 Å². The van der Waals surface area contributed by atoms with Crippen LogP contribution in [-0.2, 0) is 0 Å². The van der Waals surface area contributed by atoms with Crippen LogP contribution in [0.15, 0.2) is 0 Å². The third-order valence-electron chi connectivity index (χ3n) is 0. The molecule has 0 aliphatic heterocycles. The molecule has 0 aromatic rings. The summed E-state index contributed by atoms with van der Waals surface area (Å²) in [6.07, 6.45) is 0. The van der Waals surface area contributed by atoms with Gasteiger partial charge in [0.05, 0.1) is 0 Å². The van der Waals surface area contributed by atoms with E-state index >= 15 is 0 Å². The molecule has 0 saturated heterocycles. The summed E-state index contributed by atoms with van der Waals surface area (Å²) in [5.74, 6) is 0. The van der Waals surface area contributed by atoms with Crippen molar-refractivity contribution < 1.29 is 0 Å². The molecule has 0 amide bonds. The third kappa shape index (κ3) is 91600. The molecule has 0 fully saturated rings. The van der Waals surface area contributed by atoms with Crippen molar-refractivity contribution in [3.05, 3.63) is 0 Å². The van der Waals surface area contributed by atoms with Gasteiger partial charge in [0.15, 0.2) is 0 Å². The van der Waals surface area contributed by atoms with Crippen molar-refractivity contribution in [3.63, 3.8) is 0 Å². The van der Waals surface area contributed by atoms with Crippen LogP contribution in [0.25, 0.3) is 0 Å². The van der Waals surface area contributed by atoms with Gasteiger partial charge < -0.3 is 5.73 Å². The topological polar surface area (TPSA) is 26.0 Å². The summed E-state index contributed by atoms with van der Waals surface area (Å²) in [4.78, 5) is 0. The lowest BCUT2D eigenvalue weighted by atomic mass is 10.8. The molecule has 8 heavy (non-hydrogen) atoms. The molecule has 0 aliphatic rings. The van der Waals surface area contributed by atoms with Gasteiger partial charge in [-0.05, 0) is 6.54 Å². The van der Waals surface area contributed by atoms with E-state index in [0.717, 1.165) is 6.54 Å². The van der Waals surface area contributed by atoms with E-state index in [1.807, 2.05) is 20.8 Å². The molecule has 0 atom stereocenters. The van der Waals surface area contributed by atoms with Crippen LogP contribution in [0, 0.1) is 0 Å². The van der Waals surface area contributed by atoms with Crippen molar-refractivity contribution in [1.29, 1.82) is 0 Å². The van der Waals surface area contributed by atoms with Gasteiger partial charge in [0, 0.05) is 0 Å². The van der Waals surface area contributed by atoms with Crippen molar-refractivity contribution >= 4 is 0 Å². The SMILES string of the molecule is C.C.C.CC.CCN. The average molecular weight is 123 g/mol. The summed E-state index contributed by atoms with van der Waals surface area (Å²) in [6, 6.07) is 0. The highest BCUT2D eigenvalue weighted by atomic mass is 14.5. The molecule has 0 aromatic carbocycles. The highest BCUT2D eigenvalue weighted by Crippen LogP contribution is 1.20. The smallest absolute Gasteiger partial charge is 0.0106 e. The van der Waals surface area contributed by atoms with Gasteiger partial charge in [0.25, 0.3) is 0 Å². The first kappa shape index (κ1) is 44.0. The lowest BCUT2D eigenvalue weighted by molar-refractivity contribution is 1.14. The first-order chi connectivity index (χ1) is 2.41. The molecule has 0 radical (unpaired) electrons. The summed E-state index contributed by atoms with van der Waals surface area (Å²) in [5.41, 5.74) is 4.85. The highest BCUT2D eigenvalue weighted by Gasteiger charge is 1.32. The summed E-state index contributed by atoms with van der Waals surface area (Å²) in [6.45, 7) is 6.65. The molecule has 2 N–H and O–H groups in total. The standard InChI is InChI=1S/C2H7N.C2H6.3CH4/c1-2-3;1-2;;;/h2-3H2,1H3;1-2H3;3*1H4. The Balaban J connectivity index is -0.00000000567. The lowest BCUT2D eigenvalue weighted by Crippen LogP contribution is -1.87. The van der Waals surface area contributed by atoms with E-state index in [0.29, 0.717) is 0 Å². The Kier molecular flexibility index (Phi) is 1480. The fourth-order valence-corrected chi connectivity index (χ4v) is 0. The summed E-state index contributed by atoms with van der Waals surface area (Å²) in [7, 11) is 0. The summed E-state index contributed by atoms with van der Waals surface area (Å²) >= 11 is 0. The maximum Gasteiger partial charge on any atom is -0.0106 e. The Hall–Kier alpha value is -0.0400. The van der Waals surface area contributed by atoms with Gasteiger partial charge in [-0.15, -0.1) is 0 Å². The van der Waals surface area contributed by atoms with Gasteiger partial charge in [-0.3, -0.25) is 0 Å². The monoisotopic (exact) mass is 123 g/mol. The molecular formula is C7H25N. The highest BCUT2D eigenvalue weighted by molar-refractivity contribution is 4.00. The van der Waals surface area contributed by atoms with Crippen LogP contribution in [0.3, 0.4) is 0 Å². The molecule has 0 aliphatic carbocycles. The second-order valence-electron chi connectivity index (χ2n) is 0.408. The number of hydrogen-bond acceptors (Lipinski definition) is 1. The van der Waals surface area contributed by atoms with E-state index in [1.165, 1.54) is 0 Å². The van der Waals surface area contributed by atoms with Crippen LogP contribution in [-0.4, -0.2) is 6.54 Å². The Labute approximate surface area is 56.3 Å². The second-order valence-corrected chi connectivity index (χ2v) is 0.408. The molecular weight excluding hydrogens is 98.1 g/mol. The predicted octanol–water partition coefficient (Wildman–Crippen LogP) is 2.90. The van der Waals surface area contributed by atoms with Crippen LogP contribution in [0.4, 0.5) is 0 Å². The Morgan fingerprint density at radius 1 is 1.00 bits per heavy atom. The number of rotatable bonds is 0. The van der Waals surface area contributed by atoms with Gasteiger partial charge in [-0.25, -0.2) is 0 Å². The molecule has 58 valence electrons. The van der Waals surface area contributed by atoms with Crippen LogP contribution in [0.2, 0.25) is 0 Å². The predicted molar refractivity (Wildman–Crippen MR) is 46.3 cm³/mol. The average Bonchev–Trinajstić information content (AvgIpc) is 1.46. The van der Waals surface area contributed by atoms with E-state index in [2.05, 4.69) is 0 Å². The summed E-state index contributed by atoms with van der Waals surface area (Å²) in [5, 5.41) is 0. The fourth-order valence-electron chi connectivity index (χ4n) is 0. The van der Waals surface area contributed by atoms with Crippen molar-refractivity contribution in [3.8, 4) is 0 Å². The quantitative estimate of drug-likeness (QED) is 0.526. The van der Waals surface area contributed by atoms with Gasteiger partial charge in [-0.1, -0.05) is 43.1 Å². The maximum atomic E-state index is 4.85. The minimum atomic E-state index is 0. The molecule has 0 rings (SSSR count). The Morgan fingerprint density at radius 3 is 1.00 bits per heavy atom. The zero-order valence-electron chi connectivity index (χ0n) is 4.28. The summed E-state index contributed by atoms with van der Waals surface area (Å²) < 4.78 is 0. The molecule has 1 heteroatoms. The Bertz CT molecular complexity index is 4.35. The van der Waals surface area contributed by atoms with E-state index in [-0.39, 0.29) is 22.3 Å². The minimum Gasteiger partial charge on any atom is -0.331 e. The maximum absolute atomic E-state index is 4.85. The minimum absolute atomic E-state index is 0. The third-order valence-corrected chi connectivity index (χ3v) is 0. The van der Waals surface area contributed by atoms with Gasteiger partial charge in [-0.2, -0.15) is 0 Å². The van der Waals surface area contributed by atoms with E-state index in [9.17, 15) is 0 Å². The molecule has 0 bridgehead atoms. The zero-order chi connectivity index (χ0) is 4.71. The first-order valence-corrected chi connectivity index (χ1v) is 2.12. The fraction of sp³-hybridized carbons (Fsp3) is 1.00. The van der Waals surface area contributed by atoms with Gasteiger partial charge in [0.2, 0.25) is 0 Å². The first-order valence-electron chi connectivity index (χ1n) is 2.12. The van der Waals surface area contributed by atoms with Gasteiger partial charge >= 0.3 is 0 Å². The van der Waals surface area contributed by atoms with E-state index < -0.39 is 0 Å². The van der Waals surface area contributed by atoms with Crippen LogP contribution in [0.1, 0.15) is 43.1 Å². The zero-order valence-corrected chi connectivity index (χ0v) is 4.28. The molecule has 0 aromatic heterocycles. The van der Waals surface area contributed by atoms with Crippen molar-refractivity contribution in [2.75, 3.05) is 6.54 Å². The molecule has 0 saturated carbocycles. The van der Waals surface area contributed by atoms with Crippen LogP contribution < -0.4 is 5.73 Å². The van der Waals surface area contributed by atoms with Gasteiger partial charge in [0.1, 0.15) is 0 Å². The molecule has 0 heterocycles.